The van der Waals surface area contributed by atoms with Gasteiger partial charge >= 0.3 is 5.97 Å². The second-order valence-corrected chi connectivity index (χ2v) is 4.46. The van der Waals surface area contributed by atoms with Gasteiger partial charge in [-0.1, -0.05) is 5.16 Å². The highest BCUT2D eigenvalue weighted by Crippen LogP contribution is 2.43. The second-order valence-electron chi connectivity index (χ2n) is 3.66. The normalized spacial score (nSPS) is 10.4. The zero-order valence-corrected chi connectivity index (χ0v) is 12.0. The summed E-state index contributed by atoms with van der Waals surface area (Å²) >= 11 is 3.19. The van der Waals surface area contributed by atoms with Gasteiger partial charge in [0.1, 0.15) is 11.5 Å². The number of hydrogen-bond donors (Lipinski definition) is 1. The fraction of sp³-hybridized carbons (Fsp3) is 0.167. The van der Waals surface area contributed by atoms with E-state index >= 15 is 0 Å². The second kappa shape index (κ2) is 5.49. The van der Waals surface area contributed by atoms with Crippen molar-refractivity contribution in [1.29, 1.82) is 0 Å². The van der Waals surface area contributed by atoms with Gasteiger partial charge in [0.25, 0.3) is 0 Å². The average Bonchev–Trinajstić information content (AvgIpc) is 2.87. The third-order valence-electron chi connectivity index (χ3n) is 2.54. The van der Waals surface area contributed by atoms with Gasteiger partial charge in [0.05, 0.1) is 24.3 Å². The lowest BCUT2D eigenvalue weighted by molar-refractivity contribution is 0.0652. The number of methoxy groups -OCH3 is 2. The first kappa shape index (κ1) is 14.3. The van der Waals surface area contributed by atoms with Crippen molar-refractivity contribution in [3.05, 3.63) is 28.2 Å². The highest BCUT2D eigenvalue weighted by Gasteiger charge is 2.23. The van der Waals surface area contributed by atoms with Crippen molar-refractivity contribution in [3.8, 4) is 22.8 Å². The summed E-state index contributed by atoms with van der Waals surface area (Å²) in [7, 11) is 2.78. The van der Waals surface area contributed by atoms with Gasteiger partial charge in [-0.2, -0.15) is 0 Å². The van der Waals surface area contributed by atoms with Crippen molar-refractivity contribution in [3.63, 3.8) is 0 Å². The van der Waals surface area contributed by atoms with Crippen LogP contribution in [0.2, 0.25) is 0 Å². The molecule has 0 bridgehead atoms. The Morgan fingerprint density at radius 2 is 2.10 bits per heavy atom. The molecule has 0 saturated carbocycles. The number of carbonyl (C=O) groups is 1. The number of carboxylic acids is 1. The predicted molar refractivity (Wildman–Crippen MR) is 69.7 cm³/mol. The van der Waals surface area contributed by atoms with Gasteiger partial charge in [-0.15, -0.1) is 0 Å². The molecular formula is C12H9BrFNO5. The third kappa shape index (κ3) is 2.34. The number of nitrogens with zero attached hydrogens (tertiary/aromatic N) is 1. The van der Waals surface area contributed by atoms with Crippen LogP contribution in [0.1, 0.15) is 10.6 Å². The fourth-order valence-corrected chi connectivity index (χ4v) is 2.40. The summed E-state index contributed by atoms with van der Waals surface area (Å²) in [5.74, 6) is -1.87. The van der Waals surface area contributed by atoms with Crippen molar-refractivity contribution < 1.29 is 28.3 Å². The molecule has 1 heterocycles. The molecule has 20 heavy (non-hydrogen) atoms. The predicted octanol–water partition coefficient (Wildman–Crippen LogP) is 2.96. The molecule has 0 aliphatic carbocycles. The lowest BCUT2D eigenvalue weighted by Gasteiger charge is -2.12. The van der Waals surface area contributed by atoms with Crippen LogP contribution < -0.4 is 9.47 Å². The number of ether oxygens (including phenoxy) is 2. The van der Waals surface area contributed by atoms with Crippen LogP contribution in [0.3, 0.4) is 0 Å². The number of rotatable bonds is 4. The minimum absolute atomic E-state index is 0.0268. The van der Waals surface area contributed by atoms with Crippen molar-refractivity contribution >= 4 is 21.9 Å². The quantitative estimate of drug-likeness (QED) is 0.917. The topological polar surface area (TPSA) is 81.8 Å². The van der Waals surface area contributed by atoms with Gasteiger partial charge in [-0.25, -0.2) is 9.18 Å². The summed E-state index contributed by atoms with van der Waals surface area (Å²) in [6, 6.07) is 2.24. The fourth-order valence-electron chi connectivity index (χ4n) is 1.65. The number of benzene rings is 1. The maximum atomic E-state index is 14.1. The van der Waals surface area contributed by atoms with Crippen LogP contribution in [0.25, 0.3) is 11.3 Å². The molecule has 2 rings (SSSR count). The van der Waals surface area contributed by atoms with Crippen LogP contribution in [0.15, 0.2) is 21.1 Å². The molecule has 2 aromatic rings. The molecule has 0 aliphatic rings. The zero-order valence-electron chi connectivity index (χ0n) is 10.4. The van der Waals surface area contributed by atoms with Crippen LogP contribution in [-0.2, 0) is 0 Å². The number of halogens is 2. The van der Waals surface area contributed by atoms with E-state index in [9.17, 15) is 9.18 Å². The van der Waals surface area contributed by atoms with E-state index in [0.29, 0.717) is 0 Å². The summed E-state index contributed by atoms with van der Waals surface area (Å²) in [4.78, 5) is 10.8. The first-order valence-electron chi connectivity index (χ1n) is 5.30. The van der Waals surface area contributed by atoms with Crippen LogP contribution >= 0.6 is 15.9 Å². The SMILES string of the molecule is COc1cc(F)c(-c2cc(C(=O)O)on2)c(Br)c1OC. The van der Waals surface area contributed by atoms with Gasteiger partial charge in [-0.05, 0) is 15.9 Å². The van der Waals surface area contributed by atoms with E-state index in [1.54, 1.807) is 0 Å². The third-order valence-corrected chi connectivity index (χ3v) is 3.30. The molecule has 0 spiro atoms. The van der Waals surface area contributed by atoms with Crippen LogP contribution in [-0.4, -0.2) is 30.5 Å². The summed E-state index contributed by atoms with van der Waals surface area (Å²) in [5.41, 5.74) is 0.0617. The summed E-state index contributed by atoms with van der Waals surface area (Å²) in [5, 5.41) is 12.3. The Morgan fingerprint density at radius 1 is 1.40 bits per heavy atom. The lowest BCUT2D eigenvalue weighted by Crippen LogP contribution is -1.96. The minimum Gasteiger partial charge on any atom is -0.493 e. The molecule has 0 amide bonds. The molecular weight excluding hydrogens is 337 g/mol. The molecule has 0 radical (unpaired) electrons. The largest absolute Gasteiger partial charge is 0.493 e. The maximum Gasteiger partial charge on any atom is 0.374 e. The Kier molecular flexibility index (Phi) is 3.93. The first-order valence-corrected chi connectivity index (χ1v) is 6.09. The Hall–Kier alpha value is -2.09. The zero-order chi connectivity index (χ0) is 14.9. The standard InChI is InChI=1S/C12H9BrFNO5/c1-18-7-3-5(14)9(10(13)11(7)19-2)6-4-8(12(16)17)20-15-6/h3-4H,1-2H3,(H,16,17). The Labute approximate surface area is 121 Å². The number of hydrogen-bond acceptors (Lipinski definition) is 5. The van der Waals surface area contributed by atoms with E-state index in [0.717, 1.165) is 12.1 Å². The average molecular weight is 346 g/mol. The molecule has 1 N–H and O–H groups in total. The molecule has 0 unspecified atom stereocenters. The van der Waals surface area contributed by atoms with E-state index < -0.39 is 11.8 Å². The van der Waals surface area contributed by atoms with Gasteiger partial charge in [0, 0.05) is 12.1 Å². The summed E-state index contributed by atoms with van der Waals surface area (Å²) in [6.07, 6.45) is 0. The Morgan fingerprint density at radius 3 is 2.60 bits per heavy atom. The van der Waals surface area contributed by atoms with Gasteiger partial charge in [-0.3, -0.25) is 0 Å². The highest BCUT2D eigenvalue weighted by atomic mass is 79.9. The van der Waals surface area contributed by atoms with E-state index in [-0.39, 0.29) is 33.0 Å². The van der Waals surface area contributed by atoms with Gasteiger partial charge in [0.15, 0.2) is 11.5 Å². The van der Waals surface area contributed by atoms with Gasteiger partial charge in [0.2, 0.25) is 5.76 Å². The molecule has 0 atom stereocenters. The highest BCUT2D eigenvalue weighted by molar-refractivity contribution is 9.10. The Bertz CT molecular complexity index is 670. The number of carboxylic acid groups (broad SMARTS) is 1. The summed E-state index contributed by atoms with van der Waals surface area (Å²) in [6.45, 7) is 0. The van der Waals surface area contributed by atoms with Crippen molar-refractivity contribution in [2.24, 2.45) is 0 Å². The molecule has 0 fully saturated rings. The van der Waals surface area contributed by atoms with E-state index in [2.05, 4.69) is 25.6 Å². The van der Waals surface area contributed by atoms with Crippen LogP contribution in [0.5, 0.6) is 11.5 Å². The minimum atomic E-state index is -1.29. The summed E-state index contributed by atoms with van der Waals surface area (Å²) < 4.78 is 29.1. The molecule has 8 heteroatoms. The Balaban J connectivity index is 2.64. The number of aromatic nitrogens is 1. The first-order chi connectivity index (χ1) is 9.49. The van der Waals surface area contributed by atoms with E-state index in [1.165, 1.54) is 14.2 Å². The lowest BCUT2D eigenvalue weighted by atomic mass is 10.1. The smallest absolute Gasteiger partial charge is 0.374 e. The molecule has 0 aliphatic heterocycles. The van der Waals surface area contributed by atoms with E-state index in [1.807, 2.05) is 0 Å². The van der Waals surface area contributed by atoms with Crippen molar-refractivity contribution in [2.45, 2.75) is 0 Å². The van der Waals surface area contributed by atoms with Crippen molar-refractivity contribution in [2.75, 3.05) is 14.2 Å². The molecule has 1 aromatic heterocycles. The maximum absolute atomic E-state index is 14.1. The van der Waals surface area contributed by atoms with Crippen LogP contribution in [0, 0.1) is 5.82 Å². The van der Waals surface area contributed by atoms with Gasteiger partial charge < -0.3 is 19.1 Å². The monoisotopic (exact) mass is 345 g/mol. The molecule has 0 saturated heterocycles. The van der Waals surface area contributed by atoms with Crippen LogP contribution in [0.4, 0.5) is 4.39 Å². The number of aromatic carboxylic acids is 1. The molecule has 1 aromatic carbocycles. The molecule has 6 nitrogen and oxygen atoms in total. The van der Waals surface area contributed by atoms with Crippen molar-refractivity contribution in [1.82, 2.24) is 5.16 Å². The van der Waals surface area contributed by atoms with E-state index in [4.69, 9.17) is 14.6 Å². The molecule has 106 valence electrons.